The second-order valence-electron chi connectivity index (χ2n) is 2.82. The van der Waals surface area contributed by atoms with Gasteiger partial charge in [0, 0.05) is 5.02 Å². The predicted octanol–water partition coefficient (Wildman–Crippen LogP) is 1.72. The van der Waals surface area contributed by atoms with Crippen LogP contribution in [0, 0.1) is 0 Å². The first-order valence-corrected chi connectivity index (χ1v) is 4.18. The van der Waals surface area contributed by atoms with E-state index < -0.39 is 6.10 Å². The number of hydrogen-bond donors (Lipinski definition) is 2. The maximum absolute atomic E-state index is 9.19. The molecule has 3 N–H and O–H groups in total. The Morgan fingerprint density at radius 2 is 1.83 bits per heavy atom. The van der Waals surface area contributed by atoms with Gasteiger partial charge in [-0.2, -0.15) is 0 Å². The van der Waals surface area contributed by atoms with Gasteiger partial charge in [-0.1, -0.05) is 23.7 Å². The fourth-order valence-electron chi connectivity index (χ4n) is 0.964. The highest BCUT2D eigenvalue weighted by Crippen LogP contribution is 2.16. The van der Waals surface area contributed by atoms with Gasteiger partial charge in [-0.15, -0.1) is 0 Å². The first kappa shape index (κ1) is 9.52. The van der Waals surface area contributed by atoms with Crippen LogP contribution in [0.3, 0.4) is 0 Å². The topological polar surface area (TPSA) is 46.2 Å². The molecule has 2 atom stereocenters. The lowest BCUT2D eigenvalue weighted by Gasteiger charge is -2.14. The Balaban J connectivity index is 2.82. The van der Waals surface area contributed by atoms with Gasteiger partial charge in [0.15, 0.2) is 0 Å². The monoisotopic (exact) mass is 185 g/mol. The van der Waals surface area contributed by atoms with Gasteiger partial charge < -0.3 is 10.8 Å². The zero-order valence-corrected chi connectivity index (χ0v) is 7.62. The molecule has 2 nitrogen and oxygen atoms in total. The summed E-state index contributed by atoms with van der Waals surface area (Å²) in [6.45, 7) is 1.67. The lowest BCUT2D eigenvalue weighted by atomic mass is 10.0. The fourth-order valence-corrected chi connectivity index (χ4v) is 1.09. The number of benzene rings is 1. The molecule has 0 bridgehead atoms. The van der Waals surface area contributed by atoms with E-state index in [0.717, 1.165) is 5.56 Å². The molecule has 0 aliphatic heterocycles. The lowest BCUT2D eigenvalue weighted by molar-refractivity contribution is 0.164. The lowest BCUT2D eigenvalue weighted by Crippen LogP contribution is -2.22. The third-order valence-electron chi connectivity index (χ3n) is 1.77. The van der Waals surface area contributed by atoms with Crippen LogP contribution in [0.25, 0.3) is 0 Å². The van der Waals surface area contributed by atoms with Gasteiger partial charge in [0.2, 0.25) is 0 Å². The van der Waals surface area contributed by atoms with E-state index in [0.29, 0.717) is 5.02 Å². The molecular weight excluding hydrogens is 174 g/mol. The van der Waals surface area contributed by atoms with E-state index in [1.54, 1.807) is 19.1 Å². The normalized spacial score (nSPS) is 15.7. The molecule has 3 heteroatoms. The standard InChI is InChI=1S/C9H12ClNO/c1-6(12)9(11)7-2-4-8(10)5-3-7/h2-6,9,12H,11H2,1H3/t6?,9-/m0/s1. The van der Waals surface area contributed by atoms with Gasteiger partial charge in [0.1, 0.15) is 0 Å². The third-order valence-corrected chi connectivity index (χ3v) is 2.03. The van der Waals surface area contributed by atoms with Crippen molar-refractivity contribution in [3.63, 3.8) is 0 Å². The SMILES string of the molecule is CC(O)[C@H](N)c1ccc(Cl)cc1. The highest BCUT2D eigenvalue weighted by molar-refractivity contribution is 6.30. The van der Waals surface area contributed by atoms with Gasteiger partial charge in [-0.25, -0.2) is 0 Å². The molecule has 0 saturated carbocycles. The summed E-state index contributed by atoms with van der Waals surface area (Å²) in [5.74, 6) is 0. The highest BCUT2D eigenvalue weighted by Gasteiger charge is 2.10. The van der Waals surface area contributed by atoms with Gasteiger partial charge >= 0.3 is 0 Å². The predicted molar refractivity (Wildman–Crippen MR) is 50.1 cm³/mol. The van der Waals surface area contributed by atoms with Crippen molar-refractivity contribution in [2.45, 2.75) is 19.1 Å². The molecule has 0 radical (unpaired) electrons. The minimum atomic E-state index is -0.536. The van der Waals surface area contributed by atoms with Crippen molar-refractivity contribution in [2.75, 3.05) is 0 Å². The molecule has 0 fully saturated rings. The molecule has 0 saturated heterocycles. The van der Waals surface area contributed by atoms with Crippen LogP contribution >= 0.6 is 11.6 Å². The maximum atomic E-state index is 9.19. The number of halogens is 1. The Morgan fingerprint density at radius 3 is 2.25 bits per heavy atom. The van der Waals surface area contributed by atoms with E-state index >= 15 is 0 Å². The van der Waals surface area contributed by atoms with Crippen molar-refractivity contribution < 1.29 is 5.11 Å². The average Bonchev–Trinajstić information content (AvgIpc) is 2.04. The van der Waals surface area contributed by atoms with Crippen LogP contribution in [-0.2, 0) is 0 Å². The van der Waals surface area contributed by atoms with E-state index in [2.05, 4.69) is 0 Å². The molecule has 0 amide bonds. The largest absolute Gasteiger partial charge is 0.391 e. The van der Waals surface area contributed by atoms with Crippen LogP contribution in [-0.4, -0.2) is 11.2 Å². The van der Waals surface area contributed by atoms with E-state index in [4.69, 9.17) is 17.3 Å². The summed E-state index contributed by atoms with van der Waals surface area (Å²) in [5.41, 5.74) is 6.59. The van der Waals surface area contributed by atoms with E-state index in [1.165, 1.54) is 0 Å². The first-order valence-electron chi connectivity index (χ1n) is 3.80. The van der Waals surface area contributed by atoms with Crippen LogP contribution in [0.5, 0.6) is 0 Å². The average molecular weight is 186 g/mol. The van der Waals surface area contributed by atoms with Crippen molar-refractivity contribution >= 4 is 11.6 Å². The molecule has 12 heavy (non-hydrogen) atoms. The maximum Gasteiger partial charge on any atom is 0.0704 e. The van der Waals surface area contributed by atoms with Crippen molar-refractivity contribution in [3.05, 3.63) is 34.9 Å². The number of aliphatic hydroxyl groups excluding tert-OH is 1. The van der Waals surface area contributed by atoms with Gasteiger partial charge in [-0.05, 0) is 24.6 Å². The van der Waals surface area contributed by atoms with Crippen molar-refractivity contribution in [1.29, 1.82) is 0 Å². The fraction of sp³-hybridized carbons (Fsp3) is 0.333. The molecule has 0 aliphatic rings. The zero-order chi connectivity index (χ0) is 9.14. The van der Waals surface area contributed by atoms with Crippen LogP contribution in [0.15, 0.2) is 24.3 Å². The molecular formula is C9H12ClNO. The second kappa shape index (κ2) is 3.90. The summed E-state index contributed by atoms with van der Waals surface area (Å²) in [7, 11) is 0. The minimum Gasteiger partial charge on any atom is -0.391 e. The number of aliphatic hydroxyl groups is 1. The van der Waals surface area contributed by atoms with E-state index in [1.807, 2.05) is 12.1 Å². The van der Waals surface area contributed by atoms with Gasteiger partial charge in [-0.3, -0.25) is 0 Å². The molecule has 0 aliphatic carbocycles. The molecule has 1 aromatic rings. The quantitative estimate of drug-likeness (QED) is 0.737. The van der Waals surface area contributed by atoms with Crippen molar-refractivity contribution in [3.8, 4) is 0 Å². The molecule has 1 unspecified atom stereocenters. The second-order valence-corrected chi connectivity index (χ2v) is 3.25. The highest BCUT2D eigenvalue weighted by atomic mass is 35.5. The summed E-state index contributed by atoms with van der Waals surface area (Å²) in [5, 5.41) is 9.86. The summed E-state index contributed by atoms with van der Waals surface area (Å²) >= 11 is 5.69. The van der Waals surface area contributed by atoms with Crippen LogP contribution in [0.4, 0.5) is 0 Å². The molecule has 1 aromatic carbocycles. The Hall–Kier alpha value is -0.570. The molecule has 0 heterocycles. The van der Waals surface area contributed by atoms with E-state index in [-0.39, 0.29) is 6.04 Å². The van der Waals surface area contributed by atoms with Gasteiger partial charge in [0.25, 0.3) is 0 Å². The van der Waals surface area contributed by atoms with Crippen molar-refractivity contribution in [2.24, 2.45) is 5.73 Å². The van der Waals surface area contributed by atoms with Crippen LogP contribution < -0.4 is 5.73 Å². The Kier molecular flexibility index (Phi) is 3.09. The number of rotatable bonds is 2. The number of nitrogens with two attached hydrogens (primary N) is 1. The molecule has 66 valence electrons. The smallest absolute Gasteiger partial charge is 0.0704 e. The summed E-state index contributed by atoms with van der Waals surface area (Å²) in [6, 6.07) is 6.83. The summed E-state index contributed by atoms with van der Waals surface area (Å²) in [6.07, 6.45) is -0.536. The van der Waals surface area contributed by atoms with Gasteiger partial charge in [0.05, 0.1) is 12.1 Å². The van der Waals surface area contributed by atoms with Crippen molar-refractivity contribution in [1.82, 2.24) is 0 Å². The number of hydrogen-bond acceptors (Lipinski definition) is 2. The molecule has 1 rings (SSSR count). The zero-order valence-electron chi connectivity index (χ0n) is 6.87. The Morgan fingerprint density at radius 1 is 1.33 bits per heavy atom. The van der Waals surface area contributed by atoms with Crippen LogP contribution in [0.2, 0.25) is 5.02 Å². The Bertz CT molecular complexity index is 245. The van der Waals surface area contributed by atoms with Crippen LogP contribution in [0.1, 0.15) is 18.5 Å². The van der Waals surface area contributed by atoms with E-state index in [9.17, 15) is 5.11 Å². The third kappa shape index (κ3) is 2.21. The molecule has 0 aromatic heterocycles. The molecule has 0 spiro atoms. The summed E-state index contributed by atoms with van der Waals surface area (Å²) < 4.78 is 0. The first-order chi connectivity index (χ1) is 5.61. The Labute approximate surface area is 77.0 Å². The minimum absolute atomic E-state index is 0.331. The summed E-state index contributed by atoms with van der Waals surface area (Å²) in [4.78, 5) is 0.